The molecule has 2 aliphatic heterocycles. The lowest BCUT2D eigenvalue weighted by atomic mass is 9.86. The molecule has 3 fully saturated rings. The van der Waals surface area contributed by atoms with Crippen molar-refractivity contribution in [2.24, 2.45) is 5.92 Å². The van der Waals surface area contributed by atoms with Gasteiger partial charge in [0, 0.05) is 70.5 Å². The molecule has 212 valence electrons. The molecule has 5 rings (SSSR count). The average molecular weight is 534 g/mol. The smallest absolute Gasteiger partial charge is 0.220 e. The van der Waals surface area contributed by atoms with Crippen molar-refractivity contribution in [3.05, 3.63) is 54.4 Å². The van der Waals surface area contributed by atoms with Crippen LogP contribution in [0.2, 0.25) is 0 Å². The van der Waals surface area contributed by atoms with E-state index in [-0.39, 0.29) is 5.91 Å². The number of rotatable bonds is 9. The van der Waals surface area contributed by atoms with Crippen molar-refractivity contribution in [2.75, 3.05) is 51.3 Å². The zero-order valence-corrected chi connectivity index (χ0v) is 23.8. The highest BCUT2D eigenvalue weighted by Gasteiger charge is 2.35. The average Bonchev–Trinajstić information content (AvgIpc) is 3.25. The number of carbonyl (C=O) groups excluding carboxylic acids is 1. The second kappa shape index (κ2) is 14.1. The summed E-state index contributed by atoms with van der Waals surface area (Å²) in [4.78, 5) is 25.3. The van der Waals surface area contributed by atoms with Gasteiger partial charge in [-0.05, 0) is 55.9 Å². The third-order valence-electron chi connectivity index (χ3n) is 9.06. The lowest BCUT2D eigenvalue weighted by molar-refractivity contribution is -0.122. The Bertz CT molecular complexity index is 1020. The monoisotopic (exact) mass is 533 g/mol. The van der Waals surface area contributed by atoms with E-state index in [2.05, 4.69) is 55.3 Å². The molecule has 7 nitrogen and oxygen atoms in total. The number of benzene rings is 1. The van der Waals surface area contributed by atoms with Crippen LogP contribution in [-0.2, 0) is 11.3 Å². The Morgan fingerprint density at radius 1 is 0.949 bits per heavy atom. The van der Waals surface area contributed by atoms with Gasteiger partial charge in [0.05, 0.1) is 18.5 Å². The Balaban J connectivity index is 1.20. The van der Waals surface area contributed by atoms with Crippen molar-refractivity contribution < 1.29 is 9.53 Å². The van der Waals surface area contributed by atoms with Gasteiger partial charge in [-0.3, -0.25) is 19.6 Å². The third kappa shape index (κ3) is 7.73. The molecular formula is C32H47N5O2. The number of carbonyl (C=O) groups is 1. The highest BCUT2D eigenvalue weighted by atomic mass is 16.5. The number of nitrogens with zero attached hydrogens (tertiary/aromatic N) is 4. The highest BCUT2D eigenvalue weighted by molar-refractivity contribution is 5.76. The molecular weight excluding hydrogens is 486 g/mol. The van der Waals surface area contributed by atoms with Gasteiger partial charge >= 0.3 is 0 Å². The SMILES string of the molecule is COc1ccccc1N1CCN([C@@H]2CCN(Cc3ccccn3)C[C@@H]2CCC(=O)NC2CCCCCC2)CC1. The van der Waals surface area contributed by atoms with Crippen LogP contribution >= 0.6 is 0 Å². The van der Waals surface area contributed by atoms with Crippen molar-refractivity contribution in [2.45, 2.75) is 76.4 Å². The van der Waals surface area contributed by atoms with Crippen LogP contribution in [0.3, 0.4) is 0 Å². The largest absolute Gasteiger partial charge is 0.495 e. The van der Waals surface area contributed by atoms with Gasteiger partial charge in [0.15, 0.2) is 0 Å². The second-order valence-corrected chi connectivity index (χ2v) is 11.7. The normalized spacial score (nSPS) is 23.8. The summed E-state index contributed by atoms with van der Waals surface area (Å²) in [6.07, 6.45) is 12.0. The van der Waals surface area contributed by atoms with Gasteiger partial charge in [-0.1, -0.05) is 43.9 Å². The number of piperazine rings is 1. The first-order valence-corrected chi connectivity index (χ1v) is 15.2. The summed E-state index contributed by atoms with van der Waals surface area (Å²) in [6.45, 7) is 7.11. The summed E-state index contributed by atoms with van der Waals surface area (Å²) in [5.41, 5.74) is 2.32. The van der Waals surface area contributed by atoms with Crippen LogP contribution in [-0.4, -0.2) is 79.2 Å². The molecule has 0 bridgehead atoms. The summed E-state index contributed by atoms with van der Waals surface area (Å²) in [7, 11) is 1.75. The predicted octanol–water partition coefficient (Wildman–Crippen LogP) is 4.72. The first kappa shape index (κ1) is 27.9. The van der Waals surface area contributed by atoms with Gasteiger partial charge in [-0.2, -0.15) is 0 Å². The number of nitrogens with one attached hydrogen (secondary N) is 1. The fourth-order valence-electron chi connectivity index (χ4n) is 6.95. The fraction of sp³-hybridized carbons (Fsp3) is 0.625. The zero-order chi connectivity index (χ0) is 26.9. The Morgan fingerprint density at radius 3 is 2.46 bits per heavy atom. The number of methoxy groups -OCH3 is 1. The van der Waals surface area contributed by atoms with Gasteiger partial charge in [0.2, 0.25) is 5.91 Å². The molecule has 1 amide bonds. The quantitative estimate of drug-likeness (QED) is 0.471. The van der Waals surface area contributed by atoms with E-state index in [1.54, 1.807) is 7.11 Å². The number of pyridine rings is 1. The topological polar surface area (TPSA) is 60.9 Å². The molecule has 1 aromatic heterocycles. The van der Waals surface area contributed by atoms with Crippen molar-refractivity contribution >= 4 is 11.6 Å². The van der Waals surface area contributed by atoms with Gasteiger partial charge in [0.1, 0.15) is 5.75 Å². The molecule has 1 aliphatic carbocycles. The zero-order valence-electron chi connectivity index (χ0n) is 23.8. The van der Waals surface area contributed by atoms with Crippen LogP contribution in [0, 0.1) is 5.92 Å². The molecule has 3 heterocycles. The summed E-state index contributed by atoms with van der Waals surface area (Å²) < 4.78 is 5.63. The van der Waals surface area contributed by atoms with Crippen LogP contribution in [0.1, 0.15) is 63.5 Å². The van der Waals surface area contributed by atoms with Crippen LogP contribution in [0.5, 0.6) is 5.75 Å². The van der Waals surface area contributed by atoms with E-state index in [0.717, 1.165) is 82.9 Å². The van der Waals surface area contributed by atoms with E-state index in [4.69, 9.17) is 4.74 Å². The maximum absolute atomic E-state index is 13.0. The van der Waals surface area contributed by atoms with E-state index >= 15 is 0 Å². The molecule has 2 saturated heterocycles. The van der Waals surface area contributed by atoms with Crippen LogP contribution in [0.4, 0.5) is 5.69 Å². The Hall–Kier alpha value is -2.64. The van der Waals surface area contributed by atoms with Crippen molar-refractivity contribution in [1.29, 1.82) is 0 Å². The van der Waals surface area contributed by atoms with Crippen LogP contribution in [0.25, 0.3) is 0 Å². The molecule has 0 spiro atoms. The maximum atomic E-state index is 13.0. The number of amides is 1. The first-order chi connectivity index (χ1) is 19.2. The fourth-order valence-corrected chi connectivity index (χ4v) is 6.95. The Labute approximate surface area is 234 Å². The Kier molecular flexibility index (Phi) is 10.1. The van der Waals surface area contributed by atoms with Gasteiger partial charge < -0.3 is 15.0 Å². The van der Waals surface area contributed by atoms with Crippen LogP contribution < -0.4 is 15.0 Å². The summed E-state index contributed by atoms with van der Waals surface area (Å²) in [6, 6.07) is 15.4. The van der Waals surface area contributed by atoms with Crippen molar-refractivity contribution in [1.82, 2.24) is 20.1 Å². The molecule has 39 heavy (non-hydrogen) atoms. The van der Waals surface area contributed by atoms with Crippen LogP contribution in [0.15, 0.2) is 48.7 Å². The third-order valence-corrected chi connectivity index (χ3v) is 9.06. The van der Waals surface area contributed by atoms with Crippen molar-refractivity contribution in [3.8, 4) is 5.75 Å². The van der Waals surface area contributed by atoms with Gasteiger partial charge in [-0.25, -0.2) is 0 Å². The number of likely N-dealkylation sites (tertiary alicyclic amines) is 1. The van der Waals surface area contributed by atoms with Crippen molar-refractivity contribution in [3.63, 3.8) is 0 Å². The lowest BCUT2D eigenvalue weighted by Crippen LogP contribution is -2.56. The predicted molar refractivity (Wildman–Crippen MR) is 157 cm³/mol. The number of ether oxygens (including phenoxy) is 1. The lowest BCUT2D eigenvalue weighted by Gasteiger charge is -2.47. The van der Waals surface area contributed by atoms with E-state index in [0.29, 0.717) is 24.4 Å². The van der Waals surface area contributed by atoms with E-state index in [1.807, 2.05) is 18.3 Å². The Morgan fingerprint density at radius 2 is 1.72 bits per heavy atom. The number of hydrogen-bond donors (Lipinski definition) is 1. The summed E-state index contributed by atoms with van der Waals surface area (Å²) in [5, 5.41) is 3.38. The van der Waals surface area contributed by atoms with Gasteiger partial charge in [-0.15, -0.1) is 0 Å². The minimum Gasteiger partial charge on any atom is -0.495 e. The molecule has 2 atom stereocenters. The standard InChI is InChI=1S/C32H47N5O2/c1-39-31-14-7-6-13-30(31)37-22-20-36(21-23-37)29-17-19-35(25-28-12-8-9-18-33-28)24-26(29)15-16-32(38)34-27-10-4-2-3-5-11-27/h6-9,12-14,18,26-27,29H,2-5,10-11,15-17,19-25H2,1H3,(H,34,38)/t26-,29+/m0/s1. The molecule has 1 N–H and O–H groups in total. The number of para-hydroxylation sites is 2. The first-order valence-electron chi connectivity index (χ1n) is 15.2. The summed E-state index contributed by atoms with van der Waals surface area (Å²) >= 11 is 0. The second-order valence-electron chi connectivity index (χ2n) is 11.7. The number of aromatic nitrogens is 1. The van der Waals surface area contributed by atoms with E-state index in [1.165, 1.54) is 31.4 Å². The molecule has 0 radical (unpaired) electrons. The molecule has 7 heteroatoms. The number of anilines is 1. The van der Waals surface area contributed by atoms with Gasteiger partial charge in [0.25, 0.3) is 0 Å². The molecule has 2 aromatic rings. The minimum absolute atomic E-state index is 0.253. The molecule has 1 saturated carbocycles. The number of hydrogen-bond acceptors (Lipinski definition) is 6. The molecule has 3 aliphatic rings. The van der Waals surface area contributed by atoms with E-state index in [9.17, 15) is 4.79 Å². The minimum atomic E-state index is 0.253. The van der Waals surface area contributed by atoms with E-state index < -0.39 is 0 Å². The highest BCUT2D eigenvalue weighted by Crippen LogP contribution is 2.32. The molecule has 0 unspecified atom stereocenters. The molecule has 1 aromatic carbocycles. The maximum Gasteiger partial charge on any atom is 0.220 e. The number of piperidine rings is 1. The summed E-state index contributed by atoms with van der Waals surface area (Å²) in [5.74, 6) is 1.69.